The number of hydrogen-bond donors (Lipinski definition) is 0. The van der Waals surface area contributed by atoms with Crippen LogP contribution in [-0.2, 0) is 9.39 Å². The summed E-state index contributed by atoms with van der Waals surface area (Å²) in [5.74, 6) is 0. The largest absolute Gasteiger partial charge is 0.443 e. The second-order valence-corrected chi connectivity index (χ2v) is 7.17. The lowest BCUT2D eigenvalue weighted by atomic mass is 10.1. The number of hydrogen-bond acceptors (Lipinski definition) is 6. The van der Waals surface area contributed by atoms with Gasteiger partial charge in [0.15, 0.2) is 5.13 Å². The third kappa shape index (κ3) is 4.21. The van der Waals surface area contributed by atoms with Crippen LogP contribution in [0.2, 0.25) is 0 Å². The first kappa shape index (κ1) is 17.2. The average Bonchev–Trinajstić information content (AvgIpc) is 3.04. The number of carbonyl (C=O) groups is 1. The highest BCUT2D eigenvalue weighted by molar-refractivity contribution is 7.14. The van der Waals surface area contributed by atoms with Gasteiger partial charge in [-0.15, -0.1) is 11.3 Å². The Bertz CT molecular complexity index is 518. The molecule has 1 radical (unpaired) electrons. The van der Waals surface area contributed by atoms with E-state index in [1.165, 1.54) is 16.2 Å². The first-order valence-corrected chi connectivity index (χ1v) is 8.24. The fourth-order valence-electron chi connectivity index (χ4n) is 2.36. The lowest BCUT2D eigenvalue weighted by molar-refractivity contribution is 0.0589. The van der Waals surface area contributed by atoms with E-state index in [0.717, 1.165) is 25.1 Å². The van der Waals surface area contributed by atoms with E-state index in [4.69, 9.17) is 9.39 Å². The summed E-state index contributed by atoms with van der Waals surface area (Å²) in [5, 5.41) is 2.65. The van der Waals surface area contributed by atoms with Crippen molar-refractivity contribution in [3.05, 3.63) is 11.1 Å². The maximum atomic E-state index is 12.1. The van der Waals surface area contributed by atoms with Crippen molar-refractivity contribution in [3.63, 3.8) is 0 Å². The molecule has 2 rings (SSSR count). The van der Waals surface area contributed by atoms with Crippen LogP contribution in [0.3, 0.4) is 0 Å². The van der Waals surface area contributed by atoms with Gasteiger partial charge in [-0.3, -0.25) is 4.90 Å². The number of nitrogens with zero attached hydrogens (tertiary/aromatic N) is 3. The molecule has 6 nitrogen and oxygen atoms in total. The molecule has 1 fully saturated rings. The van der Waals surface area contributed by atoms with Gasteiger partial charge in [0.05, 0.1) is 5.69 Å². The Balaban J connectivity index is 2.06. The Morgan fingerprint density at radius 2 is 2.27 bits per heavy atom. The van der Waals surface area contributed by atoms with Crippen molar-refractivity contribution < 1.29 is 14.2 Å². The maximum absolute atomic E-state index is 12.1. The number of amides is 1. The molecule has 121 valence electrons. The van der Waals surface area contributed by atoms with Crippen LogP contribution in [0.15, 0.2) is 5.38 Å². The van der Waals surface area contributed by atoms with Gasteiger partial charge in [-0.2, -0.15) is 0 Å². The lowest BCUT2D eigenvalue weighted by Gasteiger charge is -2.23. The second kappa shape index (κ2) is 6.98. The van der Waals surface area contributed by atoms with E-state index in [1.54, 1.807) is 21.8 Å². The molecule has 0 aliphatic carbocycles. The minimum absolute atomic E-state index is 0.219. The maximum Gasteiger partial charge on any atom is 0.416 e. The highest BCUT2D eigenvalue weighted by Crippen LogP contribution is 2.33. The summed E-state index contributed by atoms with van der Waals surface area (Å²) in [6.07, 6.45) is 1.76. The molecule has 1 atom stereocenters. The Morgan fingerprint density at radius 1 is 1.55 bits per heavy atom. The molecule has 1 saturated heterocycles. The van der Waals surface area contributed by atoms with E-state index >= 15 is 0 Å². The van der Waals surface area contributed by atoms with Crippen LogP contribution in [0.5, 0.6) is 0 Å². The smallest absolute Gasteiger partial charge is 0.416 e. The molecule has 0 unspecified atom stereocenters. The van der Waals surface area contributed by atoms with Crippen molar-refractivity contribution >= 4 is 30.2 Å². The average molecular weight is 324 g/mol. The summed E-state index contributed by atoms with van der Waals surface area (Å²) < 4.78 is 10.5. The molecule has 1 aliphatic rings. The van der Waals surface area contributed by atoms with Gasteiger partial charge in [-0.1, -0.05) is 0 Å². The standard InChI is InChI=1S/C14H23BN3O3S/c1-14(2,3)21-13(19)17(4)12-16-10(9-22-12)11-7-6-8-18(11)15-20-5/h9,11H,6-8H2,1-5H3/t11-/m1/s1. The number of ether oxygens (including phenoxy) is 1. The van der Waals surface area contributed by atoms with Crippen LogP contribution in [0.25, 0.3) is 0 Å². The van der Waals surface area contributed by atoms with E-state index in [0.29, 0.717) is 5.13 Å². The van der Waals surface area contributed by atoms with E-state index in [2.05, 4.69) is 9.79 Å². The molecule has 1 aromatic rings. The topological polar surface area (TPSA) is 54.9 Å². The number of rotatable bonds is 4. The van der Waals surface area contributed by atoms with Gasteiger partial charge >= 0.3 is 13.7 Å². The molecule has 0 spiro atoms. The summed E-state index contributed by atoms with van der Waals surface area (Å²) in [6, 6.07) is 0.219. The molecule has 0 aromatic carbocycles. The molecule has 8 heteroatoms. The van der Waals surface area contributed by atoms with E-state index in [-0.39, 0.29) is 12.1 Å². The third-order valence-corrected chi connectivity index (χ3v) is 4.28. The zero-order chi connectivity index (χ0) is 16.3. The number of aromatic nitrogens is 1. The lowest BCUT2D eigenvalue weighted by Crippen LogP contribution is -2.34. The van der Waals surface area contributed by atoms with Crippen LogP contribution in [-0.4, -0.2) is 49.8 Å². The molecule has 22 heavy (non-hydrogen) atoms. The third-order valence-electron chi connectivity index (χ3n) is 3.34. The fraction of sp³-hybridized carbons (Fsp3) is 0.714. The first-order chi connectivity index (χ1) is 10.3. The van der Waals surface area contributed by atoms with Crippen molar-refractivity contribution in [2.75, 3.05) is 25.6 Å². The summed E-state index contributed by atoms with van der Waals surface area (Å²) in [4.78, 5) is 20.3. The fourth-order valence-corrected chi connectivity index (χ4v) is 3.19. The molecule has 1 aromatic heterocycles. The Labute approximate surface area is 136 Å². The van der Waals surface area contributed by atoms with E-state index < -0.39 is 5.60 Å². The van der Waals surface area contributed by atoms with Gasteiger partial charge in [-0.25, -0.2) is 9.78 Å². The van der Waals surface area contributed by atoms with Crippen molar-refractivity contribution in [1.29, 1.82) is 0 Å². The van der Waals surface area contributed by atoms with Crippen LogP contribution in [0.4, 0.5) is 9.93 Å². The highest BCUT2D eigenvalue weighted by atomic mass is 32.1. The molecule has 0 bridgehead atoms. The number of anilines is 1. The zero-order valence-corrected chi connectivity index (χ0v) is 14.6. The van der Waals surface area contributed by atoms with Crippen molar-refractivity contribution in [2.45, 2.75) is 45.3 Å². The highest BCUT2D eigenvalue weighted by Gasteiger charge is 2.30. The summed E-state index contributed by atoms with van der Waals surface area (Å²) in [6.45, 7) is 6.52. The zero-order valence-electron chi connectivity index (χ0n) is 13.8. The van der Waals surface area contributed by atoms with Crippen LogP contribution in [0.1, 0.15) is 45.3 Å². The quantitative estimate of drug-likeness (QED) is 0.797. The van der Waals surface area contributed by atoms with Crippen LogP contribution in [0, 0.1) is 0 Å². The van der Waals surface area contributed by atoms with Crippen LogP contribution >= 0.6 is 11.3 Å². The molecular formula is C14H23BN3O3S. The van der Waals surface area contributed by atoms with Gasteiger partial charge in [0, 0.05) is 25.6 Å². The number of thiazole rings is 1. The molecular weight excluding hydrogens is 301 g/mol. The Morgan fingerprint density at radius 3 is 2.91 bits per heavy atom. The summed E-state index contributed by atoms with van der Waals surface area (Å²) in [5.41, 5.74) is 0.461. The van der Waals surface area contributed by atoms with Gasteiger partial charge in [0.1, 0.15) is 5.60 Å². The van der Waals surface area contributed by atoms with Crippen LogP contribution < -0.4 is 4.90 Å². The van der Waals surface area contributed by atoms with Crippen molar-refractivity contribution in [1.82, 2.24) is 9.79 Å². The first-order valence-electron chi connectivity index (χ1n) is 7.36. The number of carbonyl (C=O) groups excluding carboxylic acids is 1. The van der Waals surface area contributed by atoms with Crippen molar-refractivity contribution in [2.24, 2.45) is 0 Å². The monoisotopic (exact) mass is 324 g/mol. The van der Waals surface area contributed by atoms with E-state index in [9.17, 15) is 4.79 Å². The normalized spacial score (nSPS) is 19.2. The molecule has 2 heterocycles. The summed E-state index contributed by atoms with van der Waals surface area (Å²) >= 11 is 1.45. The Hall–Kier alpha value is -1.12. The molecule has 1 amide bonds. The van der Waals surface area contributed by atoms with Gasteiger partial charge < -0.3 is 14.2 Å². The van der Waals surface area contributed by atoms with Crippen molar-refractivity contribution in [3.8, 4) is 0 Å². The Kier molecular flexibility index (Phi) is 5.47. The van der Waals surface area contributed by atoms with Gasteiger partial charge in [0.25, 0.3) is 0 Å². The molecule has 1 aliphatic heterocycles. The minimum atomic E-state index is -0.513. The molecule has 0 N–H and O–H groups in total. The minimum Gasteiger partial charge on any atom is -0.443 e. The van der Waals surface area contributed by atoms with E-state index in [1.807, 2.05) is 26.2 Å². The summed E-state index contributed by atoms with van der Waals surface area (Å²) in [7, 11) is 5.08. The predicted molar refractivity (Wildman–Crippen MR) is 88.2 cm³/mol. The molecule has 0 saturated carbocycles. The second-order valence-electron chi connectivity index (χ2n) is 6.33. The SMILES string of the molecule is CO[B]N1CCC[C@@H]1c1csc(N(C)C(=O)OC(C)(C)C)n1. The predicted octanol–water partition coefficient (Wildman–Crippen LogP) is 2.83. The van der Waals surface area contributed by atoms with Gasteiger partial charge in [-0.05, 0) is 40.2 Å². The van der Waals surface area contributed by atoms with Gasteiger partial charge in [0.2, 0.25) is 0 Å².